The lowest BCUT2D eigenvalue weighted by Crippen LogP contribution is -2.49. The van der Waals surface area contributed by atoms with Crippen LogP contribution in [0.4, 0.5) is 10.5 Å². The number of rotatable bonds is 10. The average molecular weight is 511 g/mol. The first-order chi connectivity index (χ1) is 15.7. The van der Waals surface area contributed by atoms with Crippen molar-refractivity contribution in [1.29, 1.82) is 0 Å². The molecule has 1 aliphatic heterocycles. The highest BCUT2D eigenvalue weighted by molar-refractivity contribution is 7.92. The fourth-order valence-electron chi connectivity index (χ4n) is 4.05. The molecule has 0 unspecified atom stereocenters. The maximum Gasteiger partial charge on any atom is 0.315 e. The standard InChI is InChI=1S/C24H34N4O4S.ClH/c1-3-4-15-28(24(25)29)21-13-16-27(17-14-21)18-19-5-9-22(10-6-19)32-23-11-7-20(8-12-23)26-33(2,30)31;/h5-12,21,26H,3-4,13-18H2,1-2H3,(H2,25,29);1H. The number of primary amides is 1. The van der Waals surface area contributed by atoms with E-state index < -0.39 is 10.0 Å². The normalized spacial score (nSPS) is 14.8. The van der Waals surface area contributed by atoms with Gasteiger partial charge in [0, 0.05) is 37.9 Å². The van der Waals surface area contributed by atoms with Crippen molar-refractivity contribution in [3.63, 3.8) is 0 Å². The van der Waals surface area contributed by atoms with Gasteiger partial charge in [-0.25, -0.2) is 13.2 Å². The summed E-state index contributed by atoms with van der Waals surface area (Å²) in [7, 11) is -3.30. The Bertz CT molecular complexity index is 1010. The van der Waals surface area contributed by atoms with Crippen LogP contribution in [0.15, 0.2) is 48.5 Å². The Morgan fingerprint density at radius 2 is 1.65 bits per heavy atom. The Morgan fingerprint density at radius 3 is 2.15 bits per heavy atom. The summed E-state index contributed by atoms with van der Waals surface area (Å²) in [5.74, 6) is 1.35. The molecule has 3 rings (SSSR count). The lowest BCUT2D eigenvalue weighted by atomic mass is 10.0. The molecule has 1 saturated heterocycles. The number of carbonyl (C=O) groups excluding carboxylic acids is 1. The third kappa shape index (κ3) is 8.70. The summed E-state index contributed by atoms with van der Waals surface area (Å²) >= 11 is 0. The Morgan fingerprint density at radius 1 is 1.09 bits per heavy atom. The molecule has 2 aromatic rings. The number of ether oxygens (including phenoxy) is 1. The van der Waals surface area contributed by atoms with Crippen LogP contribution in [-0.2, 0) is 16.6 Å². The average Bonchev–Trinajstić information content (AvgIpc) is 2.77. The summed E-state index contributed by atoms with van der Waals surface area (Å²) in [4.78, 5) is 16.1. The molecule has 8 nitrogen and oxygen atoms in total. The molecule has 0 bridgehead atoms. The van der Waals surface area contributed by atoms with E-state index in [2.05, 4.69) is 28.7 Å². The molecule has 0 radical (unpaired) electrons. The monoisotopic (exact) mass is 510 g/mol. The van der Waals surface area contributed by atoms with Crippen LogP contribution >= 0.6 is 12.4 Å². The topological polar surface area (TPSA) is 105 Å². The molecule has 1 aliphatic rings. The number of carbonyl (C=O) groups is 1. The summed E-state index contributed by atoms with van der Waals surface area (Å²) in [5.41, 5.74) is 7.30. The minimum atomic E-state index is -3.30. The minimum absolute atomic E-state index is 0. The number of piperidine rings is 1. The second-order valence-electron chi connectivity index (χ2n) is 8.54. The van der Waals surface area contributed by atoms with Gasteiger partial charge in [-0.1, -0.05) is 25.5 Å². The van der Waals surface area contributed by atoms with Gasteiger partial charge in [0.25, 0.3) is 0 Å². The molecule has 2 aromatic carbocycles. The van der Waals surface area contributed by atoms with Gasteiger partial charge in [-0.2, -0.15) is 0 Å². The van der Waals surface area contributed by atoms with Crippen LogP contribution < -0.4 is 15.2 Å². The van der Waals surface area contributed by atoms with E-state index in [-0.39, 0.29) is 24.5 Å². The number of sulfonamides is 1. The minimum Gasteiger partial charge on any atom is -0.457 e. The fraction of sp³-hybridized carbons (Fsp3) is 0.458. The van der Waals surface area contributed by atoms with Crippen molar-refractivity contribution in [3.8, 4) is 11.5 Å². The van der Waals surface area contributed by atoms with Gasteiger partial charge in [0.2, 0.25) is 10.0 Å². The van der Waals surface area contributed by atoms with E-state index in [1.807, 2.05) is 17.0 Å². The number of nitrogens with one attached hydrogen (secondary N) is 1. The van der Waals surface area contributed by atoms with Crippen LogP contribution in [0, 0.1) is 0 Å². The predicted molar refractivity (Wildman–Crippen MR) is 138 cm³/mol. The maximum atomic E-state index is 11.8. The lowest BCUT2D eigenvalue weighted by Gasteiger charge is -2.37. The predicted octanol–water partition coefficient (Wildman–Crippen LogP) is 4.42. The van der Waals surface area contributed by atoms with Crippen molar-refractivity contribution < 1.29 is 17.9 Å². The Kier molecular flexibility index (Phi) is 10.5. The molecule has 34 heavy (non-hydrogen) atoms. The van der Waals surface area contributed by atoms with Crippen molar-refractivity contribution in [2.75, 3.05) is 30.6 Å². The van der Waals surface area contributed by atoms with Crippen molar-refractivity contribution in [1.82, 2.24) is 9.80 Å². The van der Waals surface area contributed by atoms with Crippen LogP contribution in [-0.4, -0.2) is 56.2 Å². The largest absolute Gasteiger partial charge is 0.457 e. The number of urea groups is 1. The van der Waals surface area contributed by atoms with Crippen molar-refractivity contribution in [2.24, 2.45) is 5.73 Å². The number of nitrogens with two attached hydrogens (primary N) is 1. The van der Waals surface area contributed by atoms with E-state index in [1.54, 1.807) is 24.3 Å². The second kappa shape index (κ2) is 12.8. The molecule has 0 aliphatic carbocycles. The first-order valence-electron chi connectivity index (χ1n) is 11.4. The molecule has 1 fully saturated rings. The van der Waals surface area contributed by atoms with Gasteiger partial charge in [-0.15, -0.1) is 12.4 Å². The van der Waals surface area contributed by atoms with Crippen LogP contribution in [0.3, 0.4) is 0 Å². The highest BCUT2D eigenvalue weighted by atomic mass is 35.5. The third-order valence-corrected chi connectivity index (χ3v) is 6.36. The number of likely N-dealkylation sites (tertiary alicyclic amines) is 1. The molecule has 1 heterocycles. The Labute approximate surface area is 208 Å². The Hall–Kier alpha value is -2.49. The number of benzene rings is 2. The Balaban J connectivity index is 0.00000408. The van der Waals surface area contributed by atoms with Crippen molar-refractivity contribution >= 4 is 34.1 Å². The van der Waals surface area contributed by atoms with Gasteiger partial charge in [-0.05, 0) is 61.2 Å². The van der Waals surface area contributed by atoms with E-state index in [1.165, 1.54) is 5.56 Å². The summed E-state index contributed by atoms with van der Waals surface area (Å²) in [6.07, 6.45) is 5.04. The summed E-state index contributed by atoms with van der Waals surface area (Å²) in [6.45, 7) is 5.59. The van der Waals surface area contributed by atoms with E-state index in [4.69, 9.17) is 10.5 Å². The number of halogens is 1. The molecule has 0 spiro atoms. The van der Waals surface area contributed by atoms with Crippen LogP contribution in [0.5, 0.6) is 11.5 Å². The van der Waals surface area contributed by atoms with Crippen LogP contribution in [0.25, 0.3) is 0 Å². The fourth-order valence-corrected chi connectivity index (χ4v) is 4.62. The van der Waals surface area contributed by atoms with E-state index in [0.717, 1.165) is 58.1 Å². The molecule has 3 N–H and O–H groups in total. The number of amides is 2. The van der Waals surface area contributed by atoms with Gasteiger partial charge >= 0.3 is 6.03 Å². The SMILES string of the molecule is CCCCN(C(N)=O)C1CCN(Cc2ccc(Oc3ccc(NS(C)(=O)=O)cc3)cc2)CC1.Cl. The smallest absolute Gasteiger partial charge is 0.315 e. The third-order valence-electron chi connectivity index (χ3n) is 5.76. The summed E-state index contributed by atoms with van der Waals surface area (Å²) in [5, 5.41) is 0. The number of hydrogen-bond donors (Lipinski definition) is 2. The molecule has 0 aromatic heterocycles. The highest BCUT2D eigenvalue weighted by Crippen LogP contribution is 2.25. The molecule has 0 saturated carbocycles. The van der Waals surface area contributed by atoms with Gasteiger partial charge in [-0.3, -0.25) is 9.62 Å². The zero-order valence-corrected chi connectivity index (χ0v) is 21.4. The lowest BCUT2D eigenvalue weighted by molar-refractivity contribution is 0.120. The summed E-state index contributed by atoms with van der Waals surface area (Å²) < 4.78 is 30.9. The molecule has 10 heteroatoms. The molecular formula is C24H35ClN4O4S. The number of unbranched alkanes of at least 4 members (excludes halogenated alkanes) is 1. The number of nitrogens with zero attached hydrogens (tertiary/aromatic N) is 2. The quantitative estimate of drug-likeness (QED) is 0.492. The maximum absolute atomic E-state index is 11.8. The second-order valence-corrected chi connectivity index (χ2v) is 10.3. The molecule has 2 amide bonds. The van der Waals surface area contributed by atoms with E-state index in [9.17, 15) is 13.2 Å². The first-order valence-corrected chi connectivity index (χ1v) is 13.3. The molecule has 0 atom stereocenters. The number of hydrogen-bond acceptors (Lipinski definition) is 5. The van der Waals surface area contributed by atoms with Gasteiger partial charge in [0.1, 0.15) is 11.5 Å². The van der Waals surface area contributed by atoms with Crippen LogP contribution in [0.2, 0.25) is 0 Å². The molecule has 188 valence electrons. The molecular weight excluding hydrogens is 476 g/mol. The zero-order chi connectivity index (χ0) is 23.8. The van der Waals surface area contributed by atoms with Gasteiger partial charge in [0.15, 0.2) is 0 Å². The van der Waals surface area contributed by atoms with Crippen molar-refractivity contribution in [2.45, 2.75) is 45.2 Å². The van der Waals surface area contributed by atoms with E-state index >= 15 is 0 Å². The number of anilines is 1. The van der Waals surface area contributed by atoms with Gasteiger partial charge in [0.05, 0.1) is 6.26 Å². The first kappa shape index (κ1) is 27.8. The van der Waals surface area contributed by atoms with Gasteiger partial charge < -0.3 is 15.4 Å². The van der Waals surface area contributed by atoms with Crippen LogP contribution in [0.1, 0.15) is 38.2 Å². The van der Waals surface area contributed by atoms with Crippen molar-refractivity contribution in [3.05, 3.63) is 54.1 Å². The van der Waals surface area contributed by atoms with E-state index in [0.29, 0.717) is 17.2 Å². The summed E-state index contributed by atoms with van der Waals surface area (Å²) in [6, 6.07) is 14.7. The zero-order valence-electron chi connectivity index (χ0n) is 19.8. The highest BCUT2D eigenvalue weighted by Gasteiger charge is 2.26.